The quantitative estimate of drug-likeness (QED) is 0.209. The molecule has 0 aromatic heterocycles. The lowest BCUT2D eigenvalue weighted by molar-refractivity contribution is -0.180. The second kappa shape index (κ2) is 13.1. The van der Waals surface area contributed by atoms with Crippen LogP contribution in [0, 0.1) is 39.4 Å². The number of rotatable bonds is 12. The summed E-state index contributed by atoms with van der Waals surface area (Å²) < 4.78 is 5.90. The Morgan fingerprint density at radius 2 is 1.67 bits per heavy atom. The van der Waals surface area contributed by atoms with E-state index < -0.39 is 11.7 Å². The molecule has 7 aliphatic carbocycles. The number of carbonyl (C=O) groups is 1. The highest BCUT2D eigenvalue weighted by Crippen LogP contribution is 2.78. The van der Waals surface area contributed by atoms with E-state index in [4.69, 9.17) is 4.74 Å². The van der Waals surface area contributed by atoms with Gasteiger partial charge in [0.05, 0.1) is 31.0 Å². The molecule has 7 aliphatic rings. The number of hydrogen-bond donors (Lipinski definition) is 3. The third-order valence-electron chi connectivity index (χ3n) is 14.9. The molecule has 2 spiro atoms. The highest BCUT2D eigenvalue weighted by molar-refractivity contribution is 6.00. The van der Waals surface area contributed by atoms with Crippen LogP contribution >= 0.6 is 0 Å². The van der Waals surface area contributed by atoms with E-state index in [1.165, 1.54) is 6.42 Å². The summed E-state index contributed by atoms with van der Waals surface area (Å²) in [6.45, 7) is 9.49. The predicted molar refractivity (Wildman–Crippen MR) is 189 cm³/mol. The summed E-state index contributed by atoms with van der Waals surface area (Å²) in [5.41, 5.74) is 0.223. The Kier molecular flexibility index (Phi) is 9.41. The zero-order chi connectivity index (χ0) is 33.8. The fraction of sp³-hybridized carbons (Fsp3) is 0.738. The first-order valence-corrected chi connectivity index (χ1v) is 19.4. The molecule has 0 saturated heterocycles. The summed E-state index contributed by atoms with van der Waals surface area (Å²) in [5.74, 6) is 0.985. The Labute approximate surface area is 289 Å². The zero-order valence-electron chi connectivity index (χ0n) is 29.8. The summed E-state index contributed by atoms with van der Waals surface area (Å²) in [4.78, 5) is 17.1. The zero-order valence-corrected chi connectivity index (χ0v) is 29.8. The van der Waals surface area contributed by atoms with Gasteiger partial charge < -0.3 is 20.1 Å². The van der Waals surface area contributed by atoms with Crippen molar-refractivity contribution >= 4 is 5.78 Å². The van der Waals surface area contributed by atoms with E-state index in [1.54, 1.807) is 0 Å². The second-order valence-corrected chi connectivity index (χ2v) is 17.4. The van der Waals surface area contributed by atoms with E-state index in [9.17, 15) is 20.1 Å². The van der Waals surface area contributed by atoms with Crippen LogP contribution in [0.25, 0.3) is 0 Å². The van der Waals surface area contributed by atoms with Gasteiger partial charge in [-0.15, -0.1) is 0 Å². The lowest BCUT2D eigenvalue weighted by Crippen LogP contribution is -2.67. The number of ketones is 1. The molecule has 48 heavy (non-hydrogen) atoms. The maximum Gasteiger partial charge on any atom is 0.162 e. The maximum absolute atomic E-state index is 14.8. The number of hydrogen-bond acceptors (Lipinski definition) is 6. The van der Waals surface area contributed by atoms with E-state index >= 15 is 0 Å². The number of Topliss-reactive ketones (excluding diaryl/α,β-unsaturated/α-hetero) is 1. The van der Waals surface area contributed by atoms with E-state index in [1.807, 2.05) is 30.3 Å². The first kappa shape index (κ1) is 34.6. The number of allylic oxidation sites excluding steroid dienone is 4. The number of fused-ring (bicyclic) bond motifs is 1. The molecule has 0 heterocycles. The third-order valence-corrected chi connectivity index (χ3v) is 14.9. The van der Waals surface area contributed by atoms with Crippen molar-refractivity contribution in [3.05, 3.63) is 59.7 Å². The van der Waals surface area contributed by atoms with Crippen LogP contribution in [0.4, 0.5) is 0 Å². The Balaban J connectivity index is 1.16. The van der Waals surface area contributed by atoms with Gasteiger partial charge in [0.15, 0.2) is 5.78 Å². The number of benzene rings is 1. The third kappa shape index (κ3) is 5.43. The van der Waals surface area contributed by atoms with Gasteiger partial charge in [0.1, 0.15) is 0 Å². The smallest absolute Gasteiger partial charge is 0.162 e. The molecule has 4 fully saturated rings. The van der Waals surface area contributed by atoms with E-state index in [0.29, 0.717) is 44.2 Å². The monoisotopic (exact) mass is 659 g/mol. The largest absolute Gasteiger partial charge is 0.393 e. The van der Waals surface area contributed by atoms with Crippen molar-refractivity contribution in [2.24, 2.45) is 39.4 Å². The lowest BCUT2D eigenvalue weighted by atomic mass is 9.32. The molecule has 6 heteroatoms. The van der Waals surface area contributed by atoms with Crippen LogP contribution in [0.15, 0.2) is 54.1 Å². The average molecular weight is 660 g/mol. The standard InChI is InChI=1S/C42H61NO5/c1-4-23-43(26-33(45)28-48-27-30-11-7-5-8-12-30)29-41(47)20-17-36-39(41,3)19-16-35-38(2)18-15-32(44)24-40(38)21-22-42(35,36)34(25-40)37(46)31-13-9-6-10-14-31/h5,7-8,11-12,21-22,25,31-33,35-36,44-45,47H,4,6,9-10,13-20,23-24,26-29H2,1-3H3. The summed E-state index contributed by atoms with van der Waals surface area (Å²) in [7, 11) is 0. The SMILES string of the molecule is CCCN(CC(O)COCc1ccccc1)CC1(O)CCC2C34C=CC5(C=C3C(=O)C3CCCCC3)CC(O)CCC5(C)C4CCC21C. The van der Waals surface area contributed by atoms with Gasteiger partial charge in [-0.05, 0) is 93.6 Å². The van der Waals surface area contributed by atoms with E-state index in [0.717, 1.165) is 81.9 Å². The molecule has 0 radical (unpaired) electrons. The second-order valence-electron chi connectivity index (χ2n) is 17.4. The molecule has 0 amide bonds. The molecule has 1 aromatic rings. The van der Waals surface area contributed by atoms with Gasteiger partial charge in [0.25, 0.3) is 0 Å². The van der Waals surface area contributed by atoms with E-state index in [2.05, 4.69) is 43.9 Å². The fourth-order valence-electron chi connectivity index (χ4n) is 12.4. The molecule has 4 saturated carbocycles. The molecule has 2 bridgehead atoms. The van der Waals surface area contributed by atoms with Crippen molar-refractivity contribution in [2.75, 3.05) is 26.2 Å². The summed E-state index contributed by atoms with van der Waals surface area (Å²) >= 11 is 0. The minimum atomic E-state index is -0.917. The molecule has 8 rings (SSSR count). The van der Waals surface area contributed by atoms with E-state index in [-0.39, 0.29) is 46.2 Å². The van der Waals surface area contributed by atoms with Crippen molar-refractivity contribution < 1.29 is 24.9 Å². The summed E-state index contributed by atoms with van der Waals surface area (Å²) in [5, 5.41) is 34.9. The minimum Gasteiger partial charge on any atom is -0.393 e. The first-order chi connectivity index (χ1) is 23.0. The van der Waals surface area contributed by atoms with Crippen molar-refractivity contribution in [1.29, 1.82) is 0 Å². The van der Waals surface area contributed by atoms with Gasteiger partial charge in [-0.1, -0.05) is 88.6 Å². The van der Waals surface area contributed by atoms with Crippen LogP contribution < -0.4 is 0 Å². The van der Waals surface area contributed by atoms with Crippen molar-refractivity contribution in [2.45, 2.75) is 129 Å². The van der Waals surface area contributed by atoms with Crippen molar-refractivity contribution in [3.63, 3.8) is 0 Å². The number of aliphatic hydroxyl groups is 3. The number of nitrogens with zero attached hydrogens (tertiary/aromatic N) is 1. The van der Waals surface area contributed by atoms with Crippen LogP contribution in [0.5, 0.6) is 0 Å². The minimum absolute atomic E-state index is 0.00251. The van der Waals surface area contributed by atoms with Gasteiger partial charge >= 0.3 is 0 Å². The van der Waals surface area contributed by atoms with Crippen LogP contribution in [-0.4, -0.2) is 70.1 Å². The first-order valence-electron chi connectivity index (χ1n) is 19.4. The molecule has 0 aliphatic heterocycles. The van der Waals surface area contributed by atoms with Crippen molar-refractivity contribution in [1.82, 2.24) is 4.90 Å². The van der Waals surface area contributed by atoms with Crippen LogP contribution in [0.2, 0.25) is 0 Å². The molecule has 6 nitrogen and oxygen atoms in total. The molecule has 264 valence electrons. The predicted octanol–water partition coefficient (Wildman–Crippen LogP) is 7.02. The van der Waals surface area contributed by atoms with Gasteiger partial charge in [-0.2, -0.15) is 0 Å². The highest BCUT2D eigenvalue weighted by atomic mass is 16.5. The molecule has 1 aromatic carbocycles. The molecular formula is C42H61NO5. The van der Waals surface area contributed by atoms with Crippen LogP contribution in [0.3, 0.4) is 0 Å². The summed E-state index contributed by atoms with van der Waals surface area (Å²) in [6, 6.07) is 10.1. The van der Waals surface area contributed by atoms with Gasteiger partial charge in [0.2, 0.25) is 0 Å². The fourth-order valence-corrected chi connectivity index (χ4v) is 12.4. The Bertz CT molecular complexity index is 1390. The number of ether oxygens (including phenoxy) is 1. The Hall–Kier alpha value is -1.83. The van der Waals surface area contributed by atoms with Gasteiger partial charge in [-0.25, -0.2) is 0 Å². The summed E-state index contributed by atoms with van der Waals surface area (Å²) in [6.07, 6.45) is 18.8. The van der Waals surface area contributed by atoms with Gasteiger partial charge in [0, 0.05) is 40.8 Å². The normalized spacial score (nSPS) is 41.1. The highest BCUT2D eigenvalue weighted by Gasteiger charge is 2.74. The number of aliphatic hydroxyl groups excluding tert-OH is 2. The van der Waals surface area contributed by atoms with Crippen LogP contribution in [-0.2, 0) is 16.1 Å². The molecule has 9 atom stereocenters. The molecule has 9 unspecified atom stereocenters. The lowest BCUT2D eigenvalue weighted by Gasteiger charge is -2.71. The Morgan fingerprint density at radius 3 is 2.42 bits per heavy atom. The Morgan fingerprint density at radius 1 is 0.958 bits per heavy atom. The number of carbonyl (C=O) groups excluding carboxylic acids is 1. The van der Waals surface area contributed by atoms with Crippen LogP contribution in [0.1, 0.15) is 110 Å². The average Bonchev–Trinajstić information content (AvgIpc) is 3.35. The topological polar surface area (TPSA) is 90.2 Å². The molecule has 3 N–H and O–H groups in total. The maximum atomic E-state index is 14.8. The molecular weight excluding hydrogens is 598 g/mol. The van der Waals surface area contributed by atoms with Gasteiger partial charge in [-0.3, -0.25) is 9.69 Å². The van der Waals surface area contributed by atoms with Crippen molar-refractivity contribution in [3.8, 4) is 0 Å².